The highest BCUT2D eigenvalue weighted by molar-refractivity contribution is 4.88. The normalized spacial score (nSPS) is 27.9. The van der Waals surface area contributed by atoms with E-state index in [4.69, 9.17) is 5.73 Å². The highest BCUT2D eigenvalue weighted by Crippen LogP contribution is 2.28. The molecule has 0 radical (unpaired) electrons. The average molecular weight is 239 g/mol. The van der Waals surface area contributed by atoms with Crippen molar-refractivity contribution in [3.05, 3.63) is 0 Å². The van der Waals surface area contributed by atoms with Crippen LogP contribution < -0.4 is 5.73 Å². The second-order valence-electron chi connectivity index (χ2n) is 6.17. The molecule has 3 nitrogen and oxygen atoms in total. The monoisotopic (exact) mass is 239 g/mol. The van der Waals surface area contributed by atoms with Gasteiger partial charge in [0.1, 0.15) is 0 Å². The van der Waals surface area contributed by atoms with Gasteiger partial charge in [0.2, 0.25) is 0 Å². The Balaban J connectivity index is 1.73. The molecule has 1 aliphatic carbocycles. The van der Waals surface area contributed by atoms with Crippen LogP contribution in [0.15, 0.2) is 0 Å². The minimum atomic E-state index is 0.163. The van der Waals surface area contributed by atoms with Gasteiger partial charge in [0.25, 0.3) is 0 Å². The molecule has 2 rings (SSSR count). The highest BCUT2D eigenvalue weighted by Gasteiger charge is 2.27. The second kappa shape index (κ2) is 6.17. The Kier molecular flexibility index (Phi) is 4.83. The van der Waals surface area contributed by atoms with Crippen LogP contribution in [0.5, 0.6) is 0 Å². The van der Waals surface area contributed by atoms with Crippen LogP contribution in [0.1, 0.15) is 44.9 Å². The van der Waals surface area contributed by atoms with E-state index in [0.29, 0.717) is 0 Å². The lowest BCUT2D eigenvalue weighted by molar-refractivity contribution is 0.211. The van der Waals surface area contributed by atoms with Gasteiger partial charge >= 0.3 is 0 Å². The van der Waals surface area contributed by atoms with E-state index < -0.39 is 0 Å². The van der Waals surface area contributed by atoms with Gasteiger partial charge in [-0.15, -0.1) is 0 Å². The first kappa shape index (κ1) is 13.3. The van der Waals surface area contributed by atoms with E-state index in [0.717, 1.165) is 0 Å². The van der Waals surface area contributed by atoms with Crippen molar-refractivity contribution < 1.29 is 0 Å². The van der Waals surface area contributed by atoms with Crippen molar-refractivity contribution in [3.8, 4) is 0 Å². The van der Waals surface area contributed by atoms with Crippen molar-refractivity contribution in [3.63, 3.8) is 0 Å². The van der Waals surface area contributed by atoms with Crippen LogP contribution in [0.2, 0.25) is 0 Å². The van der Waals surface area contributed by atoms with E-state index in [1.54, 1.807) is 0 Å². The first-order valence-corrected chi connectivity index (χ1v) is 7.38. The summed E-state index contributed by atoms with van der Waals surface area (Å²) in [4.78, 5) is 5.06. The molecule has 1 heterocycles. The van der Waals surface area contributed by atoms with E-state index in [1.807, 2.05) is 0 Å². The summed E-state index contributed by atoms with van der Waals surface area (Å²) in [7, 11) is 2.23. The fourth-order valence-electron chi connectivity index (χ4n) is 3.21. The third-order valence-corrected chi connectivity index (χ3v) is 4.59. The molecule has 2 fully saturated rings. The summed E-state index contributed by atoms with van der Waals surface area (Å²) in [5, 5.41) is 0. The van der Waals surface area contributed by atoms with Crippen molar-refractivity contribution in [2.24, 2.45) is 5.73 Å². The Morgan fingerprint density at radius 3 is 2.47 bits per heavy atom. The molecule has 1 saturated carbocycles. The molecular weight excluding hydrogens is 210 g/mol. The lowest BCUT2D eigenvalue weighted by Crippen LogP contribution is -2.45. The fraction of sp³-hybridized carbons (Fsp3) is 1.00. The van der Waals surface area contributed by atoms with Gasteiger partial charge in [-0.25, -0.2) is 0 Å². The zero-order chi connectivity index (χ0) is 12.1. The van der Waals surface area contributed by atoms with Crippen LogP contribution in [-0.4, -0.2) is 55.1 Å². The zero-order valence-corrected chi connectivity index (χ0v) is 11.5. The molecule has 0 aromatic carbocycles. The van der Waals surface area contributed by atoms with E-state index in [-0.39, 0.29) is 5.54 Å². The second-order valence-corrected chi connectivity index (χ2v) is 6.17. The Bertz CT molecular complexity index is 224. The minimum Gasteiger partial charge on any atom is -0.325 e. The van der Waals surface area contributed by atoms with Gasteiger partial charge in [0.15, 0.2) is 0 Å². The maximum atomic E-state index is 6.51. The number of likely N-dealkylation sites (N-methyl/N-ethyl adjacent to an activating group) is 1. The van der Waals surface area contributed by atoms with Crippen molar-refractivity contribution >= 4 is 0 Å². The molecule has 0 atom stereocenters. The Morgan fingerprint density at radius 2 is 1.71 bits per heavy atom. The van der Waals surface area contributed by atoms with Gasteiger partial charge in [0, 0.05) is 18.6 Å². The van der Waals surface area contributed by atoms with E-state index >= 15 is 0 Å². The number of nitrogens with zero attached hydrogens (tertiary/aromatic N) is 2. The van der Waals surface area contributed by atoms with E-state index in [9.17, 15) is 0 Å². The largest absolute Gasteiger partial charge is 0.325 e. The standard InChI is InChI=1S/C14H29N3/c1-16-9-5-10-17(13-12-16)11-8-14(15)6-3-2-4-7-14/h2-13,15H2,1H3. The van der Waals surface area contributed by atoms with E-state index in [1.165, 1.54) is 77.7 Å². The molecule has 2 N–H and O–H groups in total. The number of hydrogen-bond acceptors (Lipinski definition) is 3. The lowest BCUT2D eigenvalue weighted by atomic mass is 9.80. The first-order chi connectivity index (χ1) is 8.18. The van der Waals surface area contributed by atoms with Crippen LogP contribution in [0.4, 0.5) is 0 Å². The van der Waals surface area contributed by atoms with Crippen LogP contribution in [-0.2, 0) is 0 Å². The molecule has 2 aliphatic rings. The molecule has 0 aromatic rings. The molecule has 0 unspecified atom stereocenters. The van der Waals surface area contributed by atoms with Crippen molar-refractivity contribution in [2.45, 2.75) is 50.5 Å². The summed E-state index contributed by atoms with van der Waals surface area (Å²) in [5.41, 5.74) is 6.67. The molecule has 0 aromatic heterocycles. The number of rotatable bonds is 3. The fourth-order valence-corrected chi connectivity index (χ4v) is 3.21. The van der Waals surface area contributed by atoms with Gasteiger partial charge in [-0.1, -0.05) is 19.3 Å². The van der Waals surface area contributed by atoms with Crippen LogP contribution in [0.25, 0.3) is 0 Å². The lowest BCUT2D eigenvalue weighted by Gasteiger charge is -2.35. The van der Waals surface area contributed by atoms with Gasteiger partial charge in [0.05, 0.1) is 0 Å². The summed E-state index contributed by atoms with van der Waals surface area (Å²) in [6.45, 7) is 6.18. The maximum absolute atomic E-state index is 6.51. The summed E-state index contributed by atoms with van der Waals surface area (Å²) < 4.78 is 0. The summed E-state index contributed by atoms with van der Waals surface area (Å²) in [6.07, 6.45) is 9.11. The topological polar surface area (TPSA) is 32.5 Å². The third-order valence-electron chi connectivity index (χ3n) is 4.59. The van der Waals surface area contributed by atoms with Crippen LogP contribution >= 0.6 is 0 Å². The summed E-state index contributed by atoms with van der Waals surface area (Å²) in [5.74, 6) is 0. The van der Waals surface area contributed by atoms with Gasteiger partial charge in [-0.2, -0.15) is 0 Å². The maximum Gasteiger partial charge on any atom is 0.0166 e. The minimum absolute atomic E-state index is 0.163. The predicted molar refractivity (Wildman–Crippen MR) is 73.2 cm³/mol. The molecular formula is C14H29N3. The molecule has 1 saturated heterocycles. The van der Waals surface area contributed by atoms with Crippen molar-refractivity contribution in [1.82, 2.24) is 9.80 Å². The third kappa shape index (κ3) is 4.23. The molecule has 100 valence electrons. The number of hydrogen-bond donors (Lipinski definition) is 1. The van der Waals surface area contributed by atoms with Crippen LogP contribution in [0, 0.1) is 0 Å². The highest BCUT2D eigenvalue weighted by atomic mass is 15.2. The summed E-state index contributed by atoms with van der Waals surface area (Å²) in [6, 6.07) is 0. The first-order valence-electron chi connectivity index (χ1n) is 7.38. The predicted octanol–water partition coefficient (Wildman–Crippen LogP) is 1.68. The number of nitrogens with two attached hydrogens (primary N) is 1. The molecule has 0 amide bonds. The quantitative estimate of drug-likeness (QED) is 0.813. The Morgan fingerprint density at radius 1 is 0.941 bits per heavy atom. The molecule has 0 spiro atoms. The average Bonchev–Trinajstić information content (AvgIpc) is 2.53. The molecule has 0 bridgehead atoms. The Hall–Kier alpha value is -0.120. The van der Waals surface area contributed by atoms with Crippen LogP contribution in [0.3, 0.4) is 0 Å². The van der Waals surface area contributed by atoms with Crippen molar-refractivity contribution in [2.75, 3.05) is 39.8 Å². The van der Waals surface area contributed by atoms with Gasteiger partial charge in [-0.05, 0) is 52.4 Å². The molecule has 17 heavy (non-hydrogen) atoms. The summed E-state index contributed by atoms with van der Waals surface area (Å²) >= 11 is 0. The van der Waals surface area contributed by atoms with Gasteiger partial charge in [-0.3, -0.25) is 0 Å². The Labute approximate surface area is 106 Å². The smallest absolute Gasteiger partial charge is 0.0166 e. The SMILES string of the molecule is CN1CCCN(CCC2(N)CCCCC2)CC1. The zero-order valence-electron chi connectivity index (χ0n) is 11.5. The molecule has 3 heteroatoms. The van der Waals surface area contributed by atoms with E-state index in [2.05, 4.69) is 16.8 Å². The van der Waals surface area contributed by atoms with Crippen molar-refractivity contribution in [1.29, 1.82) is 0 Å². The molecule has 1 aliphatic heterocycles. The van der Waals surface area contributed by atoms with Gasteiger partial charge < -0.3 is 15.5 Å².